The lowest BCUT2D eigenvalue weighted by molar-refractivity contribution is -0.204. The highest BCUT2D eigenvalue weighted by atomic mass is 16.6. The number of benzene rings is 2. The lowest BCUT2D eigenvalue weighted by Gasteiger charge is -2.40. The van der Waals surface area contributed by atoms with Crippen LogP contribution in [0.3, 0.4) is 0 Å². The summed E-state index contributed by atoms with van der Waals surface area (Å²) in [5, 5.41) is 68.1. The molecule has 39 heavy (non-hydrogen) atoms. The quantitative estimate of drug-likeness (QED) is 0.135. The Bertz CT molecular complexity index is 1280. The van der Waals surface area contributed by atoms with E-state index in [2.05, 4.69) is 0 Å². The van der Waals surface area contributed by atoms with Crippen LogP contribution in [0.5, 0.6) is 23.0 Å². The summed E-state index contributed by atoms with van der Waals surface area (Å²) in [6.45, 7) is 0. The maximum Gasteiger partial charge on any atom is 0.335 e. The second kappa shape index (κ2) is 12.3. The predicted molar refractivity (Wildman–Crippen MR) is 133 cm³/mol. The number of aliphatic hydroxyl groups is 2. The molecule has 0 saturated heterocycles. The molecule has 4 atom stereocenters. The average molecular weight is 545 g/mol. The summed E-state index contributed by atoms with van der Waals surface area (Å²) in [4.78, 5) is 36.4. The molecule has 12 heteroatoms. The summed E-state index contributed by atoms with van der Waals surface area (Å²) < 4.78 is 10.5. The van der Waals surface area contributed by atoms with E-state index in [1.54, 1.807) is 0 Å². The maximum absolute atomic E-state index is 12.4. The number of phenolic OH excluding ortho intramolecular Hbond substituents is 4. The van der Waals surface area contributed by atoms with Crippen molar-refractivity contribution in [2.45, 2.75) is 49.6 Å². The van der Waals surface area contributed by atoms with Crippen LogP contribution in [0.1, 0.15) is 24.0 Å². The first-order valence-corrected chi connectivity index (χ1v) is 11.8. The van der Waals surface area contributed by atoms with E-state index in [9.17, 15) is 50.1 Å². The van der Waals surface area contributed by atoms with Crippen LogP contribution in [0, 0.1) is 0 Å². The third kappa shape index (κ3) is 7.72. The van der Waals surface area contributed by atoms with Crippen molar-refractivity contribution in [2.75, 3.05) is 0 Å². The zero-order valence-corrected chi connectivity index (χ0v) is 20.5. The number of carboxylic acid groups (broad SMARTS) is 1. The van der Waals surface area contributed by atoms with Crippen LogP contribution in [0.2, 0.25) is 0 Å². The predicted octanol–water partition coefficient (Wildman–Crippen LogP) is 1.20. The Labute approximate surface area is 222 Å². The van der Waals surface area contributed by atoms with Gasteiger partial charge in [-0.15, -0.1) is 0 Å². The fraction of sp³-hybridized carbons (Fsp3) is 0.296. The van der Waals surface area contributed by atoms with Crippen LogP contribution in [-0.2, 0) is 36.7 Å². The first kappa shape index (κ1) is 29.0. The molecule has 0 radical (unpaired) electrons. The number of carbonyl (C=O) groups excluding carboxylic acids is 2. The molecule has 0 aromatic heterocycles. The molecule has 2 aromatic rings. The minimum absolute atomic E-state index is 0.164. The van der Waals surface area contributed by atoms with Crippen LogP contribution >= 0.6 is 0 Å². The topological polar surface area (TPSA) is 211 Å². The Morgan fingerprint density at radius 1 is 0.795 bits per heavy atom. The number of rotatable bonds is 9. The van der Waals surface area contributed by atoms with E-state index in [4.69, 9.17) is 9.47 Å². The lowest BCUT2D eigenvalue weighted by atomic mass is 9.79. The smallest absolute Gasteiger partial charge is 0.335 e. The van der Waals surface area contributed by atoms with E-state index in [-0.39, 0.29) is 35.8 Å². The van der Waals surface area contributed by atoms with Gasteiger partial charge in [-0.2, -0.15) is 0 Å². The van der Waals surface area contributed by atoms with Crippen molar-refractivity contribution in [3.8, 4) is 23.0 Å². The molecule has 2 aromatic carbocycles. The Kier molecular flexibility index (Phi) is 9.17. The highest BCUT2D eigenvalue weighted by molar-refractivity contribution is 5.83. The molecule has 12 nitrogen and oxygen atoms in total. The number of aromatic hydroxyl groups is 4. The summed E-state index contributed by atoms with van der Waals surface area (Å²) in [7, 11) is 0. The van der Waals surface area contributed by atoms with Crippen LogP contribution in [-0.4, -0.2) is 77.6 Å². The van der Waals surface area contributed by atoms with Crippen LogP contribution in [0.15, 0.2) is 60.7 Å². The van der Waals surface area contributed by atoms with Gasteiger partial charge in [0.05, 0.1) is 6.10 Å². The van der Waals surface area contributed by atoms with Crippen molar-refractivity contribution in [1.29, 1.82) is 0 Å². The van der Waals surface area contributed by atoms with Gasteiger partial charge in [-0.3, -0.25) is 0 Å². The number of carbonyl (C=O) groups is 3. The number of carboxylic acids is 1. The van der Waals surface area contributed by atoms with Crippen molar-refractivity contribution >= 4 is 17.9 Å². The minimum atomic E-state index is -2.43. The number of ether oxygens (including phenoxy) is 2. The van der Waals surface area contributed by atoms with E-state index >= 15 is 0 Å². The highest BCUT2D eigenvalue weighted by Crippen LogP contribution is 2.33. The van der Waals surface area contributed by atoms with E-state index in [0.29, 0.717) is 11.1 Å². The fourth-order valence-corrected chi connectivity index (χ4v) is 4.02. The zero-order chi connectivity index (χ0) is 28.7. The van der Waals surface area contributed by atoms with Gasteiger partial charge in [0.25, 0.3) is 0 Å². The number of phenols is 4. The standard InChI is InChI=1S/C27H28O12/c28-17-9-7-15(11-19(17)30)3-1-5-23(33)38-22-14-27(37,26(35)36)13-21(32)25(22)39-24(34)6-2-4-16-8-10-18(29)20(31)12-16/h1-2,5-12,21-22,25,28-32,37H,3-4,13-14H2,(H,35,36)/b5-1+,6-2+/t21-,22-,25+,27-/m1/s1. The summed E-state index contributed by atoms with van der Waals surface area (Å²) >= 11 is 0. The average Bonchev–Trinajstić information content (AvgIpc) is 2.85. The van der Waals surface area contributed by atoms with Gasteiger partial charge in [0.2, 0.25) is 0 Å². The largest absolute Gasteiger partial charge is 0.504 e. The molecular formula is C27H28O12. The SMILES string of the molecule is O=C(/C=C/Cc1ccc(O)c(O)c1)O[C@H]1[C@H](O)C[C@](O)(C(=O)O)C[C@H]1OC(=O)/C=C/Cc1ccc(O)c(O)c1. The second-order valence-corrected chi connectivity index (χ2v) is 9.05. The Balaban J connectivity index is 1.66. The van der Waals surface area contributed by atoms with Crippen LogP contribution in [0.4, 0.5) is 0 Å². The van der Waals surface area contributed by atoms with Gasteiger partial charge in [-0.25, -0.2) is 14.4 Å². The molecular weight excluding hydrogens is 516 g/mol. The van der Waals surface area contributed by atoms with Gasteiger partial charge in [0.15, 0.2) is 34.7 Å². The first-order valence-electron chi connectivity index (χ1n) is 11.8. The molecule has 0 heterocycles. The number of aliphatic carboxylic acids is 1. The summed E-state index contributed by atoms with van der Waals surface area (Å²) in [5.74, 6) is -4.83. The van der Waals surface area contributed by atoms with Crippen molar-refractivity contribution in [3.63, 3.8) is 0 Å². The Morgan fingerprint density at radius 3 is 1.74 bits per heavy atom. The lowest BCUT2D eigenvalue weighted by Crippen LogP contribution is -2.58. The van der Waals surface area contributed by atoms with Gasteiger partial charge in [0.1, 0.15) is 6.10 Å². The van der Waals surface area contributed by atoms with Gasteiger partial charge in [0, 0.05) is 25.0 Å². The van der Waals surface area contributed by atoms with E-state index in [1.165, 1.54) is 48.6 Å². The molecule has 0 spiro atoms. The van der Waals surface area contributed by atoms with E-state index < -0.39 is 54.7 Å². The van der Waals surface area contributed by atoms with E-state index in [0.717, 1.165) is 12.2 Å². The normalized spacial score (nSPS) is 23.1. The van der Waals surface area contributed by atoms with Crippen molar-refractivity contribution in [1.82, 2.24) is 0 Å². The number of hydrogen-bond acceptors (Lipinski definition) is 11. The molecule has 1 aliphatic rings. The monoisotopic (exact) mass is 544 g/mol. The Hall–Kier alpha value is -4.55. The van der Waals surface area contributed by atoms with Crippen molar-refractivity contribution < 1.29 is 59.6 Å². The molecule has 0 unspecified atom stereocenters. The fourth-order valence-electron chi connectivity index (χ4n) is 4.02. The molecule has 0 aliphatic heterocycles. The molecule has 208 valence electrons. The molecule has 0 amide bonds. The number of hydrogen-bond donors (Lipinski definition) is 7. The molecule has 1 aliphatic carbocycles. The van der Waals surface area contributed by atoms with Gasteiger partial charge < -0.3 is 45.2 Å². The van der Waals surface area contributed by atoms with Crippen molar-refractivity contribution in [3.05, 3.63) is 71.8 Å². The second-order valence-electron chi connectivity index (χ2n) is 9.05. The number of allylic oxidation sites excluding steroid dienone is 2. The third-order valence-electron chi connectivity index (χ3n) is 6.04. The van der Waals surface area contributed by atoms with Crippen LogP contribution in [0.25, 0.3) is 0 Å². The first-order chi connectivity index (χ1) is 18.4. The van der Waals surface area contributed by atoms with Gasteiger partial charge >= 0.3 is 17.9 Å². The van der Waals surface area contributed by atoms with Crippen molar-refractivity contribution in [2.24, 2.45) is 0 Å². The summed E-state index contributed by atoms with van der Waals surface area (Å²) in [6.07, 6.45) is -0.839. The van der Waals surface area contributed by atoms with E-state index in [1.807, 2.05) is 0 Å². The van der Waals surface area contributed by atoms with Gasteiger partial charge in [-0.1, -0.05) is 24.3 Å². The molecule has 1 fully saturated rings. The molecule has 7 N–H and O–H groups in total. The maximum atomic E-state index is 12.4. The molecule has 3 rings (SSSR count). The molecule has 1 saturated carbocycles. The van der Waals surface area contributed by atoms with Crippen LogP contribution < -0.4 is 0 Å². The highest BCUT2D eigenvalue weighted by Gasteiger charge is 2.52. The molecule has 0 bridgehead atoms. The Morgan fingerprint density at radius 2 is 1.28 bits per heavy atom. The number of aliphatic hydroxyl groups excluding tert-OH is 1. The summed E-state index contributed by atoms with van der Waals surface area (Å²) in [5.41, 5.74) is -1.31. The third-order valence-corrected chi connectivity index (χ3v) is 6.04. The zero-order valence-electron chi connectivity index (χ0n) is 20.5. The number of esters is 2. The summed E-state index contributed by atoms with van der Waals surface area (Å²) in [6, 6.07) is 8.19. The minimum Gasteiger partial charge on any atom is -0.504 e. The van der Waals surface area contributed by atoms with Gasteiger partial charge in [-0.05, 0) is 48.2 Å².